The highest BCUT2D eigenvalue weighted by molar-refractivity contribution is 7.98. The first-order valence-corrected chi connectivity index (χ1v) is 12.0. The molecule has 0 aliphatic carbocycles. The number of nitrogens with zero attached hydrogens (tertiary/aromatic N) is 3. The van der Waals surface area contributed by atoms with Gasteiger partial charge in [0.15, 0.2) is 5.16 Å². The fraction of sp³-hybridized carbons (Fsp3) is 0.125. The lowest BCUT2D eigenvalue weighted by Gasteiger charge is -2.13. The number of hydrogen-bond donors (Lipinski definition) is 0. The number of aryl methyl sites for hydroxylation is 1. The molecule has 3 heterocycles. The Labute approximate surface area is 192 Å². The fourth-order valence-electron chi connectivity index (χ4n) is 3.42. The van der Waals surface area contributed by atoms with E-state index in [4.69, 9.17) is 16.6 Å². The quantitative estimate of drug-likeness (QED) is 0.226. The zero-order chi connectivity index (χ0) is 21.4. The lowest BCUT2D eigenvalue weighted by Crippen LogP contribution is -2.23. The molecule has 0 radical (unpaired) electrons. The predicted molar refractivity (Wildman–Crippen MR) is 130 cm³/mol. The van der Waals surface area contributed by atoms with Gasteiger partial charge in [0.2, 0.25) is 0 Å². The van der Waals surface area contributed by atoms with Crippen molar-refractivity contribution in [1.82, 2.24) is 14.5 Å². The summed E-state index contributed by atoms with van der Waals surface area (Å²) in [6.07, 6.45) is 1.74. The van der Waals surface area contributed by atoms with E-state index >= 15 is 0 Å². The van der Waals surface area contributed by atoms with Crippen LogP contribution in [0.3, 0.4) is 0 Å². The lowest BCUT2D eigenvalue weighted by atomic mass is 10.2. The number of rotatable bonds is 5. The smallest absolute Gasteiger partial charge is 0.272 e. The average Bonchev–Trinajstić information content (AvgIpc) is 3.16. The first kappa shape index (κ1) is 20.2. The van der Waals surface area contributed by atoms with Crippen molar-refractivity contribution in [2.75, 3.05) is 0 Å². The van der Waals surface area contributed by atoms with Gasteiger partial charge >= 0.3 is 0 Å². The van der Waals surface area contributed by atoms with Gasteiger partial charge in [0, 0.05) is 22.4 Å². The van der Waals surface area contributed by atoms with Crippen LogP contribution in [0.5, 0.6) is 0 Å². The van der Waals surface area contributed by atoms with E-state index in [9.17, 15) is 4.79 Å². The van der Waals surface area contributed by atoms with Crippen LogP contribution in [-0.2, 0) is 12.3 Å². The molecule has 0 aliphatic rings. The molecule has 0 saturated carbocycles. The number of hydrogen-bond acceptors (Lipinski definition) is 5. The molecule has 2 aromatic carbocycles. The first-order valence-electron chi connectivity index (χ1n) is 9.80. The maximum atomic E-state index is 13.5. The van der Waals surface area contributed by atoms with E-state index in [0.29, 0.717) is 21.4 Å². The van der Waals surface area contributed by atoms with Crippen molar-refractivity contribution in [3.05, 3.63) is 98.9 Å². The largest absolute Gasteiger partial charge is 0.282 e. The Morgan fingerprint density at radius 3 is 2.68 bits per heavy atom. The molecule has 5 aromatic rings. The van der Waals surface area contributed by atoms with Gasteiger partial charge in [-0.05, 0) is 36.2 Å². The SMILES string of the molecule is Cc1ccc(CSc2nc3c(sc4ncccc43)c(=O)n2Cc2ccccc2Cl)cc1. The molecule has 4 nitrogen and oxygen atoms in total. The van der Waals surface area contributed by atoms with Gasteiger partial charge in [-0.25, -0.2) is 9.97 Å². The summed E-state index contributed by atoms with van der Waals surface area (Å²) in [5, 5.41) is 2.24. The van der Waals surface area contributed by atoms with E-state index in [1.807, 2.05) is 36.4 Å². The van der Waals surface area contributed by atoms with Gasteiger partial charge in [0.05, 0.1) is 12.1 Å². The number of fused-ring (bicyclic) bond motifs is 3. The number of halogens is 1. The second-order valence-corrected chi connectivity index (χ2v) is 9.64. The Morgan fingerprint density at radius 2 is 1.87 bits per heavy atom. The molecule has 3 aromatic heterocycles. The predicted octanol–water partition coefficient (Wildman–Crippen LogP) is 6.31. The highest BCUT2D eigenvalue weighted by atomic mass is 35.5. The van der Waals surface area contributed by atoms with Crippen LogP contribution in [0.4, 0.5) is 0 Å². The minimum Gasteiger partial charge on any atom is -0.282 e. The van der Waals surface area contributed by atoms with E-state index in [2.05, 4.69) is 36.2 Å². The van der Waals surface area contributed by atoms with E-state index in [-0.39, 0.29) is 5.56 Å². The molecule has 0 fully saturated rings. The standard InChI is InChI=1S/C24H18ClN3OS2/c1-15-8-10-16(11-9-15)14-30-24-27-20-18-6-4-12-26-22(18)31-21(20)23(29)28(24)13-17-5-2-3-7-19(17)25/h2-12H,13-14H2,1H3. The Morgan fingerprint density at radius 1 is 1.06 bits per heavy atom. The maximum Gasteiger partial charge on any atom is 0.272 e. The maximum absolute atomic E-state index is 13.5. The van der Waals surface area contributed by atoms with Crippen LogP contribution in [0, 0.1) is 6.92 Å². The molecule has 31 heavy (non-hydrogen) atoms. The summed E-state index contributed by atoms with van der Waals surface area (Å²) in [6, 6.07) is 19.9. The molecule has 0 spiro atoms. The lowest BCUT2D eigenvalue weighted by molar-refractivity contribution is 0.660. The topological polar surface area (TPSA) is 47.8 Å². The van der Waals surface area contributed by atoms with Crippen molar-refractivity contribution < 1.29 is 0 Å². The summed E-state index contributed by atoms with van der Waals surface area (Å²) in [4.78, 5) is 23.7. The Kier molecular flexibility index (Phi) is 5.52. The van der Waals surface area contributed by atoms with Gasteiger partial charge in [-0.2, -0.15) is 0 Å². The Bertz CT molecular complexity index is 1460. The minimum atomic E-state index is -0.0562. The molecule has 0 atom stereocenters. The number of thiophene rings is 1. The molecule has 7 heteroatoms. The van der Waals surface area contributed by atoms with Crippen LogP contribution >= 0.6 is 34.7 Å². The van der Waals surface area contributed by atoms with Crippen molar-refractivity contribution in [3.63, 3.8) is 0 Å². The van der Waals surface area contributed by atoms with Gasteiger partial charge in [0.25, 0.3) is 5.56 Å². The van der Waals surface area contributed by atoms with Crippen LogP contribution in [0.15, 0.2) is 76.8 Å². The summed E-state index contributed by atoms with van der Waals surface area (Å²) >= 11 is 9.36. The van der Waals surface area contributed by atoms with E-state index in [1.165, 1.54) is 22.5 Å². The summed E-state index contributed by atoms with van der Waals surface area (Å²) in [6.45, 7) is 2.45. The summed E-state index contributed by atoms with van der Waals surface area (Å²) < 4.78 is 2.36. The monoisotopic (exact) mass is 463 g/mol. The molecule has 0 aliphatic heterocycles. The molecule has 154 valence electrons. The van der Waals surface area contributed by atoms with E-state index < -0.39 is 0 Å². The molecule has 0 N–H and O–H groups in total. The highest BCUT2D eigenvalue weighted by Gasteiger charge is 2.18. The van der Waals surface area contributed by atoms with Gasteiger partial charge in [-0.3, -0.25) is 9.36 Å². The Hall–Kier alpha value is -2.67. The van der Waals surface area contributed by atoms with Crippen LogP contribution in [-0.4, -0.2) is 14.5 Å². The number of benzene rings is 2. The zero-order valence-electron chi connectivity index (χ0n) is 16.7. The molecule has 0 saturated heterocycles. The number of aromatic nitrogens is 3. The first-order chi connectivity index (χ1) is 15.1. The molecular weight excluding hydrogens is 446 g/mol. The van der Waals surface area contributed by atoms with Crippen LogP contribution in [0.25, 0.3) is 20.4 Å². The summed E-state index contributed by atoms with van der Waals surface area (Å²) in [5.41, 5.74) is 3.97. The molecule has 0 bridgehead atoms. The van der Waals surface area contributed by atoms with Gasteiger partial charge in [0.1, 0.15) is 9.53 Å². The molecular formula is C24H18ClN3OS2. The van der Waals surface area contributed by atoms with Gasteiger partial charge < -0.3 is 0 Å². The third kappa shape index (κ3) is 3.99. The molecule has 5 rings (SSSR count). The van der Waals surface area contributed by atoms with E-state index in [0.717, 1.165) is 27.0 Å². The van der Waals surface area contributed by atoms with Crippen molar-refractivity contribution in [2.24, 2.45) is 0 Å². The normalized spacial score (nSPS) is 11.4. The highest BCUT2D eigenvalue weighted by Crippen LogP contribution is 2.31. The van der Waals surface area contributed by atoms with Gasteiger partial charge in [-0.15, -0.1) is 11.3 Å². The zero-order valence-corrected chi connectivity index (χ0v) is 19.1. The third-order valence-electron chi connectivity index (χ3n) is 5.09. The number of pyridine rings is 1. The van der Waals surface area contributed by atoms with E-state index in [1.54, 1.807) is 22.5 Å². The average molecular weight is 464 g/mol. The Balaban J connectivity index is 1.64. The molecule has 0 unspecified atom stereocenters. The second-order valence-electron chi connectivity index (χ2n) is 7.29. The third-order valence-corrected chi connectivity index (χ3v) is 7.60. The summed E-state index contributed by atoms with van der Waals surface area (Å²) in [7, 11) is 0. The van der Waals surface area contributed by atoms with Crippen molar-refractivity contribution in [1.29, 1.82) is 0 Å². The summed E-state index contributed by atoms with van der Waals surface area (Å²) in [5.74, 6) is 0.723. The molecule has 0 amide bonds. The minimum absolute atomic E-state index is 0.0562. The van der Waals surface area contributed by atoms with Crippen LogP contribution in [0.1, 0.15) is 16.7 Å². The number of thioether (sulfide) groups is 1. The van der Waals surface area contributed by atoms with Gasteiger partial charge in [-0.1, -0.05) is 71.4 Å². The van der Waals surface area contributed by atoms with Crippen LogP contribution < -0.4 is 5.56 Å². The van der Waals surface area contributed by atoms with Crippen molar-refractivity contribution in [3.8, 4) is 0 Å². The van der Waals surface area contributed by atoms with Crippen molar-refractivity contribution in [2.45, 2.75) is 24.4 Å². The fourth-order valence-corrected chi connectivity index (χ4v) is 5.59. The second kappa shape index (κ2) is 8.46. The van der Waals surface area contributed by atoms with Crippen molar-refractivity contribution >= 4 is 55.1 Å². The van der Waals surface area contributed by atoms with Crippen LogP contribution in [0.2, 0.25) is 5.02 Å².